The molecule has 0 aliphatic heterocycles. The van der Waals surface area contributed by atoms with Gasteiger partial charge in [0.1, 0.15) is 6.04 Å². The zero-order valence-corrected chi connectivity index (χ0v) is 14.8. The molecule has 142 valence electrons. The molecule has 0 aromatic heterocycles. The number of amides is 2. The third-order valence-electron chi connectivity index (χ3n) is 3.47. The van der Waals surface area contributed by atoms with Crippen molar-refractivity contribution < 1.29 is 24.0 Å². The number of nitrogens with one attached hydrogen (secondary N) is 2. The Morgan fingerprint density at radius 2 is 2.00 bits per heavy atom. The number of hydrogen-bond donors (Lipinski definition) is 2. The summed E-state index contributed by atoms with van der Waals surface area (Å²) in [5.74, 6) is -1.83. The minimum Gasteiger partial charge on any atom is -0.454 e. The third-order valence-corrected chi connectivity index (χ3v) is 3.47. The predicted molar refractivity (Wildman–Crippen MR) is 93.5 cm³/mol. The van der Waals surface area contributed by atoms with E-state index in [1.165, 1.54) is 25.1 Å². The number of nitro groups is 1. The second-order valence-corrected chi connectivity index (χ2v) is 5.67. The molecule has 9 heteroatoms. The molecule has 0 spiro atoms. The Labute approximate surface area is 151 Å². The lowest BCUT2D eigenvalue weighted by molar-refractivity contribution is -0.384. The fourth-order valence-corrected chi connectivity index (χ4v) is 2.02. The van der Waals surface area contributed by atoms with Crippen LogP contribution in [0, 0.1) is 10.1 Å². The van der Waals surface area contributed by atoms with E-state index in [4.69, 9.17) is 4.74 Å². The van der Waals surface area contributed by atoms with Gasteiger partial charge in [0.05, 0.1) is 4.92 Å². The standard InChI is InChI=1S/C17H23N3O6/c1-3-4-5-9-18-15(21)11-26-17(23)12(2)19-16(22)13-7-6-8-14(10-13)20(24)25/h6-8,10,12H,3-5,9,11H2,1-2H3,(H,18,21)(H,19,22)/t12-/m0/s1. The van der Waals surface area contributed by atoms with Crippen LogP contribution in [0.25, 0.3) is 0 Å². The van der Waals surface area contributed by atoms with Crippen molar-refractivity contribution in [3.05, 3.63) is 39.9 Å². The van der Waals surface area contributed by atoms with E-state index in [2.05, 4.69) is 10.6 Å². The molecule has 0 heterocycles. The van der Waals surface area contributed by atoms with Gasteiger partial charge in [-0.25, -0.2) is 4.79 Å². The number of unbranched alkanes of at least 4 members (excludes halogenated alkanes) is 2. The lowest BCUT2D eigenvalue weighted by Gasteiger charge is -2.13. The van der Waals surface area contributed by atoms with Crippen molar-refractivity contribution in [1.29, 1.82) is 0 Å². The molecule has 0 unspecified atom stereocenters. The number of non-ortho nitro benzene ring substituents is 1. The highest BCUT2D eigenvalue weighted by atomic mass is 16.6. The molecule has 1 atom stereocenters. The van der Waals surface area contributed by atoms with Crippen LogP contribution in [-0.2, 0) is 14.3 Å². The van der Waals surface area contributed by atoms with E-state index in [9.17, 15) is 24.5 Å². The topological polar surface area (TPSA) is 128 Å². The molecule has 2 N–H and O–H groups in total. The second-order valence-electron chi connectivity index (χ2n) is 5.67. The molecule has 26 heavy (non-hydrogen) atoms. The fraction of sp³-hybridized carbons (Fsp3) is 0.471. The highest BCUT2D eigenvalue weighted by Crippen LogP contribution is 2.13. The Hall–Kier alpha value is -2.97. The van der Waals surface area contributed by atoms with Crippen molar-refractivity contribution in [2.45, 2.75) is 39.2 Å². The van der Waals surface area contributed by atoms with Crippen LogP contribution >= 0.6 is 0 Å². The molecule has 0 aliphatic rings. The molecule has 1 aromatic rings. The SMILES string of the molecule is CCCCCNC(=O)COC(=O)[C@H](C)NC(=O)c1cccc([N+](=O)[O-])c1. The lowest BCUT2D eigenvalue weighted by Crippen LogP contribution is -2.41. The van der Waals surface area contributed by atoms with Crippen LogP contribution in [0.5, 0.6) is 0 Å². The van der Waals surface area contributed by atoms with Crippen molar-refractivity contribution in [1.82, 2.24) is 10.6 Å². The van der Waals surface area contributed by atoms with Gasteiger partial charge in [0.2, 0.25) is 0 Å². The molecule has 0 saturated heterocycles. The highest BCUT2D eigenvalue weighted by molar-refractivity contribution is 5.97. The van der Waals surface area contributed by atoms with Crippen LogP contribution in [-0.4, -0.2) is 41.9 Å². The largest absolute Gasteiger partial charge is 0.454 e. The summed E-state index contributed by atoms with van der Waals surface area (Å²) in [6.45, 7) is 3.54. The molecule has 0 fully saturated rings. The maximum absolute atomic E-state index is 12.1. The summed E-state index contributed by atoms with van der Waals surface area (Å²) in [5.41, 5.74) is -0.180. The quantitative estimate of drug-likeness (QED) is 0.280. The van der Waals surface area contributed by atoms with Crippen LogP contribution in [0.3, 0.4) is 0 Å². The van der Waals surface area contributed by atoms with Crippen molar-refractivity contribution >= 4 is 23.5 Å². The van der Waals surface area contributed by atoms with Crippen molar-refractivity contribution in [3.8, 4) is 0 Å². The Balaban J connectivity index is 2.44. The van der Waals surface area contributed by atoms with Crippen molar-refractivity contribution in [3.63, 3.8) is 0 Å². The van der Waals surface area contributed by atoms with Gasteiger partial charge in [-0.15, -0.1) is 0 Å². The molecule has 0 aliphatic carbocycles. The summed E-state index contributed by atoms with van der Waals surface area (Å²) in [5, 5.41) is 15.7. The van der Waals surface area contributed by atoms with E-state index in [1.54, 1.807) is 0 Å². The first-order chi connectivity index (χ1) is 12.3. The van der Waals surface area contributed by atoms with E-state index in [1.807, 2.05) is 6.92 Å². The molecule has 1 rings (SSSR count). The van der Waals surface area contributed by atoms with Gasteiger partial charge in [-0.05, 0) is 19.4 Å². The predicted octanol–water partition coefficient (Wildman–Crippen LogP) is 1.56. The lowest BCUT2D eigenvalue weighted by atomic mass is 10.2. The number of esters is 1. The number of benzene rings is 1. The van der Waals surface area contributed by atoms with Crippen molar-refractivity contribution in [2.75, 3.05) is 13.2 Å². The molecular formula is C17H23N3O6. The average molecular weight is 365 g/mol. The molecular weight excluding hydrogens is 342 g/mol. The third kappa shape index (κ3) is 7.29. The van der Waals surface area contributed by atoms with Gasteiger partial charge >= 0.3 is 5.97 Å². The molecule has 2 amide bonds. The van der Waals surface area contributed by atoms with E-state index in [-0.39, 0.29) is 11.3 Å². The van der Waals surface area contributed by atoms with Crippen LogP contribution in [0.1, 0.15) is 43.5 Å². The van der Waals surface area contributed by atoms with Gasteiger partial charge in [0.15, 0.2) is 6.61 Å². The number of nitrogens with zero attached hydrogens (tertiary/aromatic N) is 1. The smallest absolute Gasteiger partial charge is 0.328 e. The Kier molecular flexibility index (Phi) is 8.76. The summed E-state index contributed by atoms with van der Waals surface area (Å²) in [4.78, 5) is 45.5. The number of carbonyl (C=O) groups is 3. The van der Waals surface area contributed by atoms with E-state index in [0.717, 1.165) is 25.3 Å². The van der Waals surface area contributed by atoms with Gasteiger partial charge in [0, 0.05) is 24.2 Å². The van der Waals surface area contributed by atoms with E-state index in [0.29, 0.717) is 6.54 Å². The first-order valence-electron chi connectivity index (χ1n) is 8.33. The molecule has 0 radical (unpaired) electrons. The van der Waals surface area contributed by atoms with Gasteiger partial charge < -0.3 is 15.4 Å². The highest BCUT2D eigenvalue weighted by Gasteiger charge is 2.20. The summed E-state index contributed by atoms with van der Waals surface area (Å²) in [6.07, 6.45) is 2.89. The normalized spacial score (nSPS) is 11.3. The molecule has 0 saturated carbocycles. The summed E-state index contributed by atoms with van der Waals surface area (Å²) in [6, 6.07) is 4.13. The van der Waals surface area contributed by atoms with Crippen LogP contribution in [0.2, 0.25) is 0 Å². The van der Waals surface area contributed by atoms with Gasteiger partial charge in [-0.2, -0.15) is 0 Å². The van der Waals surface area contributed by atoms with Gasteiger partial charge in [0.25, 0.3) is 17.5 Å². The first-order valence-corrected chi connectivity index (χ1v) is 8.33. The fourth-order valence-electron chi connectivity index (χ4n) is 2.02. The van der Waals surface area contributed by atoms with Crippen LogP contribution in [0.4, 0.5) is 5.69 Å². The van der Waals surface area contributed by atoms with E-state index >= 15 is 0 Å². The molecule has 9 nitrogen and oxygen atoms in total. The Morgan fingerprint density at radius 3 is 2.65 bits per heavy atom. The summed E-state index contributed by atoms with van der Waals surface area (Å²) < 4.78 is 4.85. The number of nitro benzene ring substituents is 1. The number of hydrogen-bond acceptors (Lipinski definition) is 6. The second kappa shape index (κ2) is 10.8. The Bertz CT molecular complexity index is 662. The monoisotopic (exact) mass is 365 g/mol. The first kappa shape index (κ1) is 21.1. The zero-order chi connectivity index (χ0) is 19.5. The molecule has 1 aromatic carbocycles. The number of rotatable bonds is 10. The maximum atomic E-state index is 12.1. The van der Waals surface area contributed by atoms with Gasteiger partial charge in [-0.1, -0.05) is 25.8 Å². The summed E-state index contributed by atoms with van der Waals surface area (Å²) >= 11 is 0. The van der Waals surface area contributed by atoms with Crippen LogP contribution in [0.15, 0.2) is 24.3 Å². The van der Waals surface area contributed by atoms with Gasteiger partial charge in [-0.3, -0.25) is 19.7 Å². The van der Waals surface area contributed by atoms with Crippen molar-refractivity contribution in [2.24, 2.45) is 0 Å². The molecule has 0 bridgehead atoms. The number of carbonyl (C=O) groups excluding carboxylic acids is 3. The summed E-state index contributed by atoms with van der Waals surface area (Å²) in [7, 11) is 0. The maximum Gasteiger partial charge on any atom is 0.328 e. The minimum absolute atomic E-state index is 0.0486. The minimum atomic E-state index is -1.00. The van der Waals surface area contributed by atoms with E-state index < -0.39 is 35.4 Å². The number of ether oxygens (including phenoxy) is 1. The average Bonchev–Trinajstić information content (AvgIpc) is 2.63. The zero-order valence-electron chi connectivity index (χ0n) is 14.8. The Morgan fingerprint density at radius 1 is 1.27 bits per heavy atom. The van der Waals surface area contributed by atoms with Crippen LogP contribution < -0.4 is 10.6 Å².